The molecule has 0 atom stereocenters. The average molecular weight is 232 g/mol. The third kappa shape index (κ3) is 1.60. The Morgan fingerprint density at radius 2 is 2.19 bits per heavy atom. The van der Waals surface area contributed by atoms with Crippen LogP contribution in [0.2, 0.25) is 0 Å². The smallest absolute Gasteiger partial charge is 0.126 e. The van der Waals surface area contributed by atoms with Crippen LogP contribution in [-0.2, 0) is 17.8 Å². The number of thiazole rings is 1. The number of hydrogen-bond donors (Lipinski definition) is 1. The monoisotopic (exact) mass is 232 g/mol. The van der Waals surface area contributed by atoms with E-state index in [0.29, 0.717) is 6.61 Å². The van der Waals surface area contributed by atoms with Gasteiger partial charge in [-0.3, -0.25) is 0 Å². The predicted octanol–water partition coefficient (Wildman–Crippen LogP) is 2.47. The third-order valence-corrected chi connectivity index (χ3v) is 3.79. The molecule has 0 bridgehead atoms. The van der Waals surface area contributed by atoms with E-state index in [0.717, 1.165) is 29.3 Å². The fraction of sp³-hybridized carbons (Fsp3) is 0.250. The molecule has 1 aromatic carbocycles. The Kier molecular flexibility index (Phi) is 2.38. The largest absolute Gasteiger partial charge is 0.398 e. The fourth-order valence-corrected chi connectivity index (χ4v) is 2.92. The van der Waals surface area contributed by atoms with Gasteiger partial charge in [-0.25, -0.2) is 4.98 Å². The molecule has 0 aliphatic carbocycles. The minimum absolute atomic E-state index is 0.694. The summed E-state index contributed by atoms with van der Waals surface area (Å²) in [5.41, 5.74) is 8.94. The third-order valence-electron chi connectivity index (χ3n) is 2.69. The SMILES string of the molecule is Nc1ccccc1-c1nc2c(s1)COCC2. The minimum Gasteiger partial charge on any atom is -0.398 e. The molecule has 0 amide bonds. The lowest BCUT2D eigenvalue weighted by Gasteiger charge is -2.08. The molecule has 4 heteroatoms. The number of nitrogen functional groups attached to an aromatic ring is 1. The van der Waals surface area contributed by atoms with Crippen LogP contribution in [0.25, 0.3) is 10.6 Å². The van der Waals surface area contributed by atoms with Crippen molar-refractivity contribution in [1.29, 1.82) is 0 Å². The Morgan fingerprint density at radius 3 is 3.00 bits per heavy atom. The lowest BCUT2D eigenvalue weighted by Crippen LogP contribution is -2.07. The second-order valence-electron chi connectivity index (χ2n) is 3.78. The van der Waals surface area contributed by atoms with Gasteiger partial charge in [-0.1, -0.05) is 12.1 Å². The van der Waals surface area contributed by atoms with Gasteiger partial charge in [0.15, 0.2) is 0 Å². The molecule has 1 aliphatic rings. The highest BCUT2D eigenvalue weighted by atomic mass is 32.1. The Labute approximate surface area is 97.9 Å². The van der Waals surface area contributed by atoms with E-state index < -0.39 is 0 Å². The minimum atomic E-state index is 0.694. The normalized spacial score (nSPS) is 14.8. The van der Waals surface area contributed by atoms with Crippen molar-refractivity contribution in [2.75, 3.05) is 12.3 Å². The molecule has 0 saturated heterocycles. The van der Waals surface area contributed by atoms with Crippen LogP contribution in [0.15, 0.2) is 24.3 Å². The van der Waals surface area contributed by atoms with Crippen molar-refractivity contribution in [3.63, 3.8) is 0 Å². The van der Waals surface area contributed by atoms with Crippen LogP contribution < -0.4 is 5.73 Å². The van der Waals surface area contributed by atoms with E-state index in [1.54, 1.807) is 11.3 Å². The van der Waals surface area contributed by atoms with Crippen molar-refractivity contribution in [2.45, 2.75) is 13.0 Å². The summed E-state index contributed by atoms with van der Waals surface area (Å²) in [6.45, 7) is 1.47. The first-order valence-corrected chi connectivity index (χ1v) is 6.07. The summed E-state index contributed by atoms with van der Waals surface area (Å²) in [6.07, 6.45) is 0.915. The van der Waals surface area contributed by atoms with Crippen LogP contribution in [0, 0.1) is 0 Å². The van der Waals surface area contributed by atoms with Gasteiger partial charge in [0.25, 0.3) is 0 Å². The summed E-state index contributed by atoms with van der Waals surface area (Å²) in [4.78, 5) is 5.88. The Balaban J connectivity index is 2.07. The molecule has 3 nitrogen and oxygen atoms in total. The van der Waals surface area contributed by atoms with E-state index in [9.17, 15) is 0 Å². The maximum Gasteiger partial charge on any atom is 0.126 e. The number of ether oxygens (including phenoxy) is 1. The predicted molar refractivity (Wildman–Crippen MR) is 65.3 cm³/mol. The van der Waals surface area contributed by atoms with Crippen molar-refractivity contribution < 1.29 is 4.74 Å². The second-order valence-corrected chi connectivity index (χ2v) is 4.86. The maximum absolute atomic E-state index is 5.95. The van der Waals surface area contributed by atoms with Crippen molar-refractivity contribution in [3.8, 4) is 10.6 Å². The number of nitrogens with zero attached hydrogens (tertiary/aromatic N) is 1. The van der Waals surface area contributed by atoms with Crippen LogP contribution in [0.5, 0.6) is 0 Å². The van der Waals surface area contributed by atoms with Gasteiger partial charge in [0.2, 0.25) is 0 Å². The Bertz CT molecular complexity index is 498. The Hall–Kier alpha value is -1.39. The van der Waals surface area contributed by atoms with Gasteiger partial charge >= 0.3 is 0 Å². The highest BCUT2D eigenvalue weighted by Crippen LogP contribution is 2.33. The number of para-hydroxylation sites is 1. The molecule has 2 aromatic rings. The molecule has 0 radical (unpaired) electrons. The first-order chi connectivity index (χ1) is 7.84. The number of hydrogen-bond acceptors (Lipinski definition) is 4. The van der Waals surface area contributed by atoms with Gasteiger partial charge in [0, 0.05) is 17.7 Å². The highest BCUT2D eigenvalue weighted by Gasteiger charge is 2.17. The first-order valence-electron chi connectivity index (χ1n) is 5.26. The van der Waals surface area contributed by atoms with Crippen molar-refractivity contribution in [2.24, 2.45) is 0 Å². The molecule has 16 heavy (non-hydrogen) atoms. The van der Waals surface area contributed by atoms with E-state index in [-0.39, 0.29) is 0 Å². The van der Waals surface area contributed by atoms with E-state index >= 15 is 0 Å². The lowest BCUT2D eigenvalue weighted by molar-refractivity contribution is 0.112. The van der Waals surface area contributed by atoms with Crippen LogP contribution >= 0.6 is 11.3 Å². The zero-order chi connectivity index (χ0) is 11.0. The average Bonchev–Trinajstić information content (AvgIpc) is 2.73. The molecule has 0 fully saturated rings. The van der Waals surface area contributed by atoms with Gasteiger partial charge in [0.05, 0.1) is 23.8 Å². The molecule has 1 aliphatic heterocycles. The van der Waals surface area contributed by atoms with Crippen LogP contribution in [0.4, 0.5) is 5.69 Å². The van der Waals surface area contributed by atoms with E-state index in [1.165, 1.54) is 10.6 Å². The summed E-state index contributed by atoms with van der Waals surface area (Å²) >= 11 is 1.69. The summed E-state index contributed by atoms with van der Waals surface area (Å²) < 4.78 is 5.41. The number of rotatable bonds is 1. The topological polar surface area (TPSA) is 48.1 Å². The summed E-state index contributed by atoms with van der Waals surface area (Å²) in [6, 6.07) is 7.85. The molecule has 0 spiro atoms. The van der Waals surface area contributed by atoms with Crippen LogP contribution in [-0.4, -0.2) is 11.6 Å². The zero-order valence-corrected chi connectivity index (χ0v) is 9.59. The molecule has 0 saturated carbocycles. The maximum atomic E-state index is 5.95. The molecule has 3 rings (SSSR count). The quantitative estimate of drug-likeness (QED) is 0.768. The molecule has 1 aromatic heterocycles. The highest BCUT2D eigenvalue weighted by molar-refractivity contribution is 7.15. The summed E-state index contributed by atoms with van der Waals surface area (Å²) in [7, 11) is 0. The Morgan fingerprint density at radius 1 is 1.31 bits per heavy atom. The molecule has 2 N–H and O–H groups in total. The van der Waals surface area contributed by atoms with Gasteiger partial charge in [-0.05, 0) is 12.1 Å². The standard InChI is InChI=1S/C12H12N2OS/c13-9-4-2-1-3-8(9)12-14-10-5-6-15-7-11(10)16-12/h1-4H,5-7,13H2. The second kappa shape index (κ2) is 3.88. The number of benzene rings is 1. The van der Waals surface area contributed by atoms with Crippen molar-refractivity contribution >= 4 is 17.0 Å². The number of nitrogens with two attached hydrogens (primary N) is 1. The fourth-order valence-electron chi connectivity index (χ4n) is 1.83. The summed E-state index contributed by atoms with van der Waals surface area (Å²) in [5.74, 6) is 0. The first kappa shape index (κ1) is 9.81. The van der Waals surface area contributed by atoms with Gasteiger partial charge in [-0.15, -0.1) is 11.3 Å². The number of anilines is 1. The van der Waals surface area contributed by atoms with Crippen LogP contribution in [0.1, 0.15) is 10.6 Å². The van der Waals surface area contributed by atoms with Crippen molar-refractivity contribution in [3.05, 3.63) is 34.8 Å². The molecular weight excluding hydrogens is 220 g/mol. The van der Waals surface area contributed by atoms with E-state index in [4.69, 9.17) is 10.5 Å². The summed E-state index contributed by atoms with van der Waals surface area (Å²) in [5, 5.41) is 1.01. The van der Waals surface area contributed by atoms with Gasteiger partial charge in [-0.2, -0.15) is 0 Å². The van der Waals surface area contributed by atoms with E-state index in [1.807, 2.05) is 24.3 Å². The zero-order valence-electron chi connectivity index (χ0n) is 8.77. The van der Waals surface area contributed by atoms with Gasteiger partial charge in [0.1, 0.15) is 5.01 Å². The van der Waals surface area contributed by atoms with Crippen molar-refractivity contribution in [1.82, 2.24) is 4.98 Å². The van der Waals surface area contributed by atoms with Crippen LogP contribution in [0.3, 0.4) is 0 Å². The number of aromatic nitrogens is 1. The number of fused-ring (bicyclic) bond motifs is 1. The lowest BCUT2D eigenvalue weighted by atomic mass is 10.2. The molecule has 2 heterocycles. The van der Waals surface area contributed by atoms with E-state index in [2.05, 4.69) is 4.98 Å². The molecular formula is C12H12N2OS. The van der Waals surface area contributed by atoms with Gasteiger partial charge < -0.3 is 10.5 Å². The molecule has 0 unspecified atom stereocenters. The molecule has 82 valence electrons.